The number of aliphatic hydroxyl groups excluding tert-OH is 1. The third kappa shape index (κ3) is 25.2. The number of carbonyl (C=O) groups excluding carboxylic acids is 1. The van der Waals surface area contributed by atoms with Crippen LogP contribution in [0.4, 0.5) is 0 Å². The number of unbranched alkanes of at least 4 members (excludes halogenated alkanes) is 12. The van der Waals surface area contributed by atoms with Gasteiger partial charge in [0.15, 0.2) is 0 Å². The van der Waals surface area contributed by atoms with Crippen molar-refractivity contribution >= 4 is 5.97 Å². The van der Waals surface area contributed by atoms with Gasteiger partial charge in [-0.1, -0.05) is 104 Å². The Bertz CT molecular complexity index is 354. The first-order chi connectivity index (χ1) is 14.1. The van der Waals surface area contributed by atoms with Crippen LogP contribution in [-0.4, -0.2) is 43.1 Å². The van der Waals surface area contributed by atoms with E-state index in [-0.39, 0.29) is 64.1 Å². The summed E-state index contributed by atoms with van der Waals surface area (Å²) >= 11 is 0. The van der Waals surface area contributed by atoms with Gasteiger partial charge in [0.1, 0.15) is 0 Å². The van der Waals surface area contributed by atoms with E-state index in [1.54, 1.807) is 0 Å². The summed E-state index contributed by atoms with van der Waals surface area (Å²) in [6.07, 6.45) is 18.2. The fourth-order valence-corrected chi connectivity index (χ4v) is 3.49. The molecule has 0 aliphatic heterocycles. The van der Waals surface area contributed by atoms with Gasteiger partial charge in [-0.2, -0.15) is 0 Å². The summed E-state index contributed by atoms with van der Waals surface area (Å²) < 4.78 is 11.0. The largest absolute Gasteiger partial charge is 1.00 e. The van der Waals surface area contributed by atoms with Crippen LogP contribution in [0.2, 0.25) is 0 Å². The summed E-state index contributed by atoms with van der Waals surface area (Å²) in [7, 11) is 0. The molecule has 30 heavy (non-hydrogen) atoms. The van der Waals surface area contributed by atoms with Crippen molar-refractivity contribution in [3.05, 3.63) is 0 Å². The van der Waals surface area contributed by atoms with Crippen LogP contribution in [-0.2, 0) is 14.3 Å². The van der Waals surface area contributed by atoms with E-state index in [4.69, 9.17) is 9.47 Å². The SMILES string of the molecule is CCCCCCCCCC(O)COC(CCCCCCCCC)COCC(=O)[O-].[K+]. The van der Waals surface area contributed by atoms with Crippen molar-refractivity contribution in [1.82, 2.24) is 0 Å². The molecular formula is C24H47KO5. The molecule has 0 aliphatic carbocycles. The number of ether oxygens (including phenoxy) is 2. The fourth-order valence-electron chi connectivity index (χ4n) is 3.49. The molecule has 5 nitrogen and oxygen atoms in total. The third-order valence-electron chi connectivity index (χ3n) is 5.32. The average Bonchev–Trinajstić information content (AvgIpc) is 2.69. The first-order valence-corrected chi connectivity index (χ1v) is 12.2. The van der Waals surface area contributed by atoms with E-state index in [1.165, 1.54) is 64.2 Å². The molecule has 0 amide bonds. The molecule has 0 heterocycles. The van der Waals surface area contributed by atoms with Gasteiger partial charge in [0.25, 0.3) is 0 Å². The third-order valence-corrected chi connectivity index (χ3v) is 5.32. The van der Waals surface area contributed by atoms with Crippen molar-refractivity contribution < 1.29 is 75.9 Å². The minimum atomic E-state index is -1.21. The Hall–Kier alpha value is 0.986. The summed E-state index contributed by atoms with van der Waals surface area (Å²) in [4.78, 5) is 10.5. The Morgan fingerprint density at radius 1 is 0.767 bits per heavy atom. The molecule has 0 saturated carbocycles. The fraction of sp³-hybridized carbons (Fsp3) is 0.958. The molecule has 0 aromatic carbocycles. The maximum atomic E-state index is 10.5. The topological polar surface area (TPSA) is 78.8 Å². The molecule has 0 aliphatic rings. The van der Waals surface area contributed by atoms with Crippen molar-refractivity contribution in [1.29, 1.82) is 0 Å². The second-order valence-corrected chi connectivity index (χ2v) is 8.32. The Morgan fingerprint density at radius 2 is 1.23 bits per heavy atom. The predicted molar refractivity (Wildman–Crippen MR) is 117 cm³/mol. The Labute approximate surface area is 228 Å². The summed E-state index contributed by atoms with van der Waals surface area (Å²) in [5, 5.41) is 20.7. The molecule has 0 aromatic heterocycles. The van der Waals surface area contributed by atoms with Crippen LogP contribution in [0.15, 0.2) is 0 Å². The molecule has 0 spiro atoms. The average molecular weight is 455 g/mol. The van der Waals surface area contributed by atoms with Gasteiger partial charge >= 0.3 is 51.4 Å². The summed E-state index contributed by atoms with van der Waals surface area (Å²) in [5.74, 6) is -1.21. The number of hydrogen-bond acceptors (Lipinski definition) is 5. The number of rotatable bonds is 23. The van der Waals surface area contributed by atoms with Crippen LogP contribution < -0.4 is 56.5 Å². The zero-order valence-electron chi connectivity index (χ0n) is 20.2. The number of hydrogen-bond donors (Lipinski definition) is 1. The van der Waals surface area contributed by atoms with Crippen molar-refractivity contribution in [2.75, 3.05) is 19.8 Å². The van der Waals surface area contributed by atoms with Crippen molar-refractivity contribution in [3.8, 4) is 0 Å². The van der Waals surface area contributed by atoms with Crippen LogP contribution in [0, 0.1) is 0 Å². The Kier molecular flexibility index (Phi) is 29.0. The second-order valence-electron chi connectivity index (χ2n) is 8.32. The standard InChI is InChI=1S/C24H48O5.K/c1-3-5-7-9-11-13-15-17-22(25)19-29-23(20-28-21-24(26)27)18-16-14-12-10-8-6-4-2;/h22-23,25H,3-21H2,1-2H3,(H,26,27);/q;+1/p-1. The normalized spacial score (nSPS) is 13.0. The first-order valence-electron chi connectivity index (χ1n) is 12.2. The summed E-state index contributed by atoms with van der Waals surface area (Å²) in [6, 6.07) is 0. The molecule has 0 fully saturated rings. The molecule has 0 aromatic rings. The van der Waals surface area contributed by atoms with Crippen molar-refractivity contribution in [2.45, 2.75) is 129 Å². The summed E-state index contributed by atoms with van der Waals surface area (Å²) in [6.45, 7) is 4.58. The Morgan fingerprint density at radius 3 is 1.73 bits per heavy atom. The summed E-state index contributed by atoms with van der Waals surface area (Å²) in [5.41, 5.74) is 0. The van der Waals surface area contributed by atoms with E-state index < -0.39 is 18.7 Å². The van der Waals surface area contributed by atoms with Crippen LogP contribution in [0.3, 0.4) is 0 Å². The molecule has 6 heteroatoms. The second kappa shape index (κ2) is 26.2. The van der Waals surface area contributed by atoms with E-state index in [1.807, 2.05) is 0 Å². The van der Waals surface area contributed by atoms with Gasteiger partial charge in [-0.15, -0.1) is 0 Å². The number of aliphatic hydroxyl groups is 1. The maximum absolute atomic E-state index is 10.5. The smallest absolute Gasteiger partial charge is 0.548 e. The van der Waals surface area contributed by atoms with Gasteiger partial charge in [-0.25, -0.2) is 0 Å². The zero-order valence-corrected chi connectivity index (χ0v) is 23.3. The molecule has 2 atom stereocenters. The van der Waals surface area contributed by atoms with Gasteiger partial charge in [-0.05, 0) is 12.8 Å². The molecule has 1 N–H and O–H groups in total. The van der Waals surface area contributed by atoms with E-state index in [2.05, 4.69) is 13.8 Å². The molecule has 0 rings (SSSR count). The van der Waals surface area contributed by atoms with Gasteiger partial charge in [0, 0.05) is 0 Å². The molecule has 174 valence electrons. The predicted octanol–water partition coefficient (Wildman–Crippen LogP) is 1.78. The van der Waals surface area contributed by atoms with Crippen LogP contribution in [0.5, 0.6) is 0 Å². The van der Waals surface area contributed by atoms with E-state index >= 15 is 0 Å². The van der Waals surface area contributed by atoms with Gasteiger partial charge < -0.3 is 24.5 Å². The van der Waals surface area contributed by atoms with Gasteiger partial charge in [0.2, 0.25) is 0 Å². The molecule has 2 unspecified atom stereocenters. The minimum Gasteiger partial charge on any atom is -0.548 e. The van der Waals surface area contributed by atoms with Crippen LogP contribution in [0.25, 0.3) is 0 Å². The number of carboxylic acids is 1. The maximum Gasteiger partial charge on any atom is 1.00 e. The number of carboxylic acid groups (broad SMARTS) is 1. The van der Waals surface area contributed by atoms with Gasteiger partial charge in [0.05, 0.1) is 38.0 Å². The monoisotopic (exact) mass is 454 g/mol. The van der Waals surface area contributed by atoms with E-state index in [0.717, 1.165) is 38.5 Å². The number of aliphatic carboxylic acids is 1. The molecule has 0 bridgehead atoms. The molecule has 0 radical (unpaired) electrons. The molecular weight excluding hydrogens is 407 g/mol. The first kappa shape index (κ1) is 33.2. The van der Waals surface area contributed by atoms with Crippen LogP contribution in [0.1, 0.15) is 117 Å². The minimum absolute atomic E-state index is 0. The van der Waals surface area contributed by atoms with Crippen molar-refractivity contribution in [3.63, 3.8) is 0 Å². The zero-order chi connectivity index (χ0) is 21.6. The number of carbonyl (C=O) groups is 1. The quantitative estimate of drug-likeness (QED) is 0.188. The van der Waals surface area contributed by atoms with Crippen molar-refractivity contribution in [2.24, 2.45) is 0 Å². The van der Waals surface area contributed by atoms with E-state index in [9.17, 15) is 15.0 Å². The Balaban J connectivity index is 0. The van der Waals surface area contributed by atoms with Crippen LogP contribution >= 0.6 is 0 Å². The van der Waals surface area contributed by atoms with Gasteiger partial charge in [-0.3, -0.25) is 0 Å². The van der Waals surface area contributed by atoms with E-state index in [0.29, 0.717) is 6.61 Å². The molecule has 0 saturated heterocycles.